The maximum absolute atomic E-state index is 12.1. The number of para-hydroxylation sites is 1. The maximum atomic E-state index is 12.1. The molecule has 0 unspecified atom stereocenters. The van der Waals surface area contributed by atoms with Crippen molar-refractivity contribution in [3.63, 3.8) is 0 Å². The molecule has 1 heterocycles. The number of nitrogens with zero attached hydrogens (tertiary/aromatic N) is 2. The molecule has 0 amide bonds. The van der Waals surface area contributed by atoms with E-state index in [1.54, 1.807) is 19.2 Å². The van der Waals surface area contributed by atoms with Crippen LogP contribution < -0.4 is 11.3 Å². The van der Waals surface area contributed by atoms with Crippen molar-refractivity contribution in [3.8, 4) is 0 Å². The number of fused-ring (bicyclic) bond motifs is 1. The highest BCUT2D eigenvalue weighted by molar-refractivity contribution is 5.78. The van der Waals surface area contributed by atoms with E-state index in [1.165, 1.54) is 4.57 Å². The van der Waals surface area contributed by atoms with Crippen LogP contribution in [0.25, 0.3) is 10.9 Å². The van der Waals surface area contributed by atoms with Crippen LogP contribution in [-0.2, 0) is 11.3 Å². The van der Waals surface area contributed by atoms with Gasteiger partial charge in [-0.2, -0.15) is 0 Å². The molecule has 0 aliphatic carbocycles. The van der Waals surface area contributed by atoms with Gasteiger partial charge in [0.25, 0.3) is 5.56 Å². The largest absolute Gasteiger partial charge is 0.385 e. The minimum atomic E-state index is -0.0933. The van der Waals surface area contributed by atoms with Crippen molar-refractivity contribution in [2.45, 2.75) is 13.0 Å². The number of hydrogen-bond donors (Lipinski definition) is 1. The van der Waals surface area contributed by atoms with Crippen LogP contribution in [-0.4, -0.2) is 23.3 Å². The maximum Gasteiger partial charge on any atom is 0.262 e. The van der Waals surface area contributed by atoms with E-state index in [9.17, 15) is 4.79 Å². The van der Waals surface area contributed by atoms with Crippen molar-refractivity contribution >= 4 is 16.9 Å². The molecule has 1 aromatic heterocycles. The first-order valence-corrected chi connectivity index (χ1v) is 5.48. The van der Waals surface area contributed by atoms with Gasteiger partial charge >= 0.3 is 0 Å². The summed E-state index contributed by atoms with van der Waals surface area (Å²) in [5.41, 5.74) is 6.32. The van der Waals surface area contributed by atoms with E-state index in [0.29, 0.717) is 24.1 Å². The van der Waals surface area contributed by atoms with Crippen LogP contribution in [0, 0.1) is 0 Å². The average molecular weight is 233 g/mol. The minimum Gasteiger partial charge on any atom is -0.385 e. The zero-order chi connectivity index (χ0) is 12.3. The zero-order valence-corrected chi connectivity index (χ0v) is 9.72. The molecule has 2 aromatic rings. The zero-order valence-electron chi connectivity index (χ0n) is 9.72. The summed E-state index contributed by atoms with van der Waals surface area (Å²) in [6, 6.07) is 7.20. The van der Waals surface area contributed by atoms with Gasteiger partial charge in [-0.25, -0.2) is 4.98 Å². The number of nitrogens with two attached hydrogens (primary N) is 1. The molecule has 0 saturated heterocycles. The van der Waals surface area contributed by atoms with Crippen molar-refractivity contribution in [1.29, 1.82) is 0 Å². The van der Waals surface area contributed by atoms with E-state index >= 15 is 0 Å². The first kappa shape index (κ1) is 11.6. The van der Waals surface area contributed by atoms with Gasteiger partial charge < -0.3 is 10.5 Å². The first-order chi connectivity index (χ1) is 8.24. The molecule has 0 spiro atoms. The Hall–Kier alpha value is -1.88. The lowest BCUT2D eigenvalue weighted by atomic mass is 10.2. The molecule has 2 rings (SSSR count). The van der Waals surface area contributed by atoms with Gasteiger partial charge in [-0.1, -0.05) is 12.1 Å². The first-order valence-electron chi connectivity index (χ1n) is 5.48. The summed E-state index contributed by atoms with van der Waals surface area (Å²) in [5, 5.41) is 0.596. The van der Waals surface area contributed by atoms with Crippen molar-refractivity contribution < 1.29 is 4.74 Å². The average Bonchev–Trinajstić information content (AvgIpc) is 2.33. The number of nitrogen functional groups attached to an aromatic ring is 1. The molecule has 0 atom stereocenters. The number of anilines is 1. The Morgan fingerprint density at radius 2 is 2.18 bits per heavy atom. The summed E-state index contributed by atoms with van der Waals surface area (Å²) in [6.45, 7) is 1.12. The van der Waals surface area contributed by atoms with Crippen LogP contribution in [0.2, 0.25) is 0 Å². The van der Waals surface area contributed by atoms with E-state index in [4.69, 9.17) is 10.5 Å². The topological polar surface area (TPSA) is 70.1 Å². The Balaban J connectivity index is 2.45. The van der Waals surface area contributed by atoms with Gasteiger partial charge in [-0.05, 0) is 18.6 Å². The third-order valence-corrected chi connectivity index (χ3v) is 2.62. The highest BCUT2D eigenvalue weighted by atomic mass is 16.5. The monoisotopic (exact) mass is 233 g/mol. The second kappa shape index (κ2) is 4.97. The van der Waals surface area contributed by atoms with E-state index in [2.05, 4.69) is 4.98 Å². The molecule has 0 aliphatic rings. The van der Waals surface area contributed by atoms with Crippen LogP contribution in [0.15, 0.2) is 29.1 Å². The van der Waals surface area contributed by atoms with Crippen molar-refractivity contribution in [1.82, 2.24) is 9.55 Å². The number of aromatic nitrogens is 2. The normalized spacial score (nSPS) is 10.9. The molecule has 0 bridgehead atoms. The lowest BCUT2D eigenvalue weighted by Gasteiger charge is -2.09. The minimum absolute atomic E-state index is 0.0933. The van der Waals surface area contributed by atoms with Gasteiger partial charge in [0.05, 0.1) is 10.9 Å². The highest BCUT2D eigenvalue weighted by Gasteiger charge is 2.07. The summed E-state index contributed by atoms with van der Waals surface area (Å²) < 4.78 is 6.44. The van der Waals surface area contributed by atoms with Gasteiger partial charge in [0, 0.05) is 20.3 Å². The quantitative estimate of drug-likeness (QED) is 0.800. The fraction of sp³-hybridized carbons (Fsp3) is 0.333. The van der Waals surface area contributed by atoms with Crippen molar-refractivity contribution in [2.24, 2.45) is 0 Å². The summed E-state index contributed by atoms with van der Waals surface area (Å²) in [6.07, 6.45) is 0.737. The number of benzene rings is 1. The van der Waals surface area contributed by atoms with Crippen molar-refractivity contribution in [2.75, 3.05) is 19.5 Å². The summed E-state index contributed by atoms with van der Waals surface area (Å²) >= 11 is 0. The number of rotatable bonds is 4. The molecule has 90 valence electrons. The highest BCUT2D eigenvalue weighted by Crippen LogP contribution is 2.08. The second-order valence-corrected chi connectivity index (χ2v) is 3.79. The van der Waals surface area contributed by atoms with E-state index in [1.807, 2.05) is 12.1 Å². The fourth-order valence-electron chi connectivity index (χ4n) is 1.77. The molecular weight excluding hydrogens is 218 g/mol. The van der Waals surface area contributed by atoms with E-state index < -0.39 is 0 Å². The molecule has 2 N–H and O–H groups in total. The Kier molecular flexibility index (Phi) is 3.39. The smallest absolute Gasteiger partial charge is 0.262 e. The summed E-state index contributed by atoms with van der Waals surface area (Å²) in [4.78, 5) is 16.4. The van der Waals surface area contributed by atoms with Crippen molar-refractivity contribution in [3.05, 3.63) is 34.6 Å². The van der Waals surface area contributed by atoms with Crippen LogP contribution in [0.1, 0.15) is 6.42 Å². The molecule has 5 nitrogen and oxygen atoms in total. The van der Waals surface area contributed by atoms with E-state index in [-0.39, 0.29) is 11.5 Å². The fourth-order valence-corrected chi connectivity index (χ4v) is 1.77. The van der Waals surface area contributed by atoms with E-state index in [0.717, 1.165) is 6.42 Å². The standard InChI is InChI=1S/C12H15N3O2/c1-17-8-4-7-15-11(16)9-5-2-3-6-10(9)14-12(15)13/h2-3,5-6H,4,7-8H2,1H3,(H2,13,14). The molecule has 1 aromatic carbocycles. The summed E-state index contributed by atoms with van der Waals surface area (Å²) in [5.74, 6) is 0.254. The van der Waals surface area contributed by atoms with Gasteiger partial charge in [0.15, 0.2) is 0 Å². The van der Waals surface area contributed by atoms with Gasteiger partial charge in [-0.3, -0.25) is 9.36 Å². The third kappa shape index (κ3) is 2.29. The predicted molar refractivity (Wildman–Crippen MR) is 66.9 cm³/mol. The van der Waals surface area contributed by atoms with Crippen LogP contribution in [0.4, 0.5) is 5.95 Å². The van der Waals surface area contributed by atoms with Gasteiger partial charge in [0.1, 0.15) is 0 Å². The Morgan fingerprint density at radius 1 is 1.41 bits per heavy atom. The lowest BCUT2D eigenvalue weighted by molar-refractivity contribution is 0.190. The second-order valence-electron chi connectivity index (χ2n) is 3.79. The lowest BCUT2D eigenvalue weighted by Crippen LogP contribution is -2.25. The molecule has 0 aliphatic heterocycles. The SMILES string of the molecule is COCCCn1c(N)nc2ccccc2c1=O. The Labute approximate surface area is 98.8 Å². The molecule has 0 radical (unpaired) electrons. The molecule has 5 heteroatoms. The predicted octanol–water partition coefficient (Wildman–Crippen LogP) is 1.02. The summed E-state index contributed by atoms with van der Waals surface area (Å²) in [7, 11) is 1.63. The van der Waals surface area contributed by atoms with Gasteiger partial charge in [-0.15, -0.1) is 0 Å². The van der Waals surface area contributed by atoms with Crippen LogP contribution in [0.3, 0.4) is 0 Å². The Morgan fingerprint density at radius 3 is 2.94 bits per heavy atom. The molecular formula is C12H15N3O2. The number of ether oxygens (including phenoxy) is 1. The molecule has 0 saturated carbocycles. The van der Waals surface area contributed by atoms with Crippen LogP contribution >= 0.6 is 0 Å². The number of hydrogen-bond acceptors (Lipinski definition) is 4. The Bertz CT molecular complexity index is 577. The van der Waals surface area contributed by atoms with Gasteiger partial charge in [0.2, 0.25) is 5.95 Å². The van der Waals surface area contributed by atoms with Crippen LogP contribution in [0.5, 0.6) is 0 Å². The number of methoxy groups -OCH3 is 1. The third-order valence-electron chi connectivity index (χ3n) is 2.62. The molecule has 0 fully saturated rings. The molecule has 17 heavy (non-hydrogen) atoms.